The number of rotatable bonds is 6. The van der Waals surface area contributed by atoms with E-state index in [9.17, 15) is 30.4 Å². The Kier molecular flexibility index (Phi) is 7.61. The van der Waals surface area contributed by atoms with Gasteiger partial charge >= 0.3 is 0 Å². The Labute approximate surface area is 171 Å². The summed E-state index contributed by atoms with van der Waals surface area (Å²) in [4.78, 5) is 0.227. The molecule has 0 aliphatic carbocycles. The van der Waals surface area contributed by atoms with E-state index in [0.29, 0.717) is 19.5 Å². The third kappa shape index (κ3) is 4.88. The van der Waals surface area contributed by atoms with Crippen molar-refractivity contribution in [3.63, 3.8) is 0 Å². The molecule has 0 radical (unpaired) electrons. The van der Waals surface area contributed by atoms with Gasteiger partial charge in [-0.25, -0.2) is 35.1 Å². The van der Waals surface area contributed by atoms with Gasteiger partial charge in [-0.3, -0.25) is 4.90 Å². The van der Waals surface area contributed by atoms with Gasteiger partial charge in [-0.2, -0.15) is 0 Å². The van der Waals surface area contributed by atoms with E-state index in [1.54, 1.807) is 0 Å². The molecule has 3 rings (SSSR count). The Morgan fingerprint density at radius 2 is 1.45 bits per heavy atom. The van der Waals surface area contributed by atoms with Crippen LogP contribution in [0.5, 0.6) is 0 Å². The molecule has 11 heteroatoms. The third-order valence-corrected chi connectivity index (χ3v) is 6.07. The van der Waals surface area contributed by atoms with Crippen molar-refractivity contribution in [2.24, 2.45) is 0 Å². The lowest BCUT2D eigenvalue weighted by molar-refractivity contribution is 0.251. The molecular formula is C18H18ClF5N2O2S. The van der Waals surface area contributed by atoms with E-state index in [0.717, 1.165) is 13.0 Å². The molecule has 0 fully saturated rings. The van der Waals surface area contributed by atoms with Gasteiger partial charge in [0.25, 0.3) is 0 Å². The quantitative estimate of drug-likeness (QED) is 0.313. The molecule has 29 heavy (non-hydrogen) atoms. The second-order valence-electron chi connectivity index (χ2n) is 6.45. The number of halogens is 6. The molecule has 1 N–H and O–H groups in total. The second kappa shape index (κ2) is 9.38. The number of sulfonamides is 1. The Morgan fingerprint density at radius 3 is 2.07 bits per heavy atom. The molecular weight excluding hydrogens is 439 g/mol. The number of nitrogens with one attached hydrogen (secondary N) is 1. The number of benzene rings is 2. The zero-order valence-corrected chi connectivity index (χ0v) is 16.7. The average Bonchev–Trinajstić information content (AvgIpc) is 2.68. The Bertz CT molecular complexity index is 975. The molecule has 0 atom stereocenters. The predicted molar refractivity (Wildman–Crippen MR) is 98.7 cm³/mol. The van der Waals surface area contributed by atoms with Gasteiger partial charge in [0, 0.05) is 19.6 Å². The van der Waals surface area contributed by atoms with E-state index in [1.807, 2.05) is 29.0 Å². The molecule has 0 bridgehead atoms. The molecule has 1 heterocycles. The van der Waals surface area contributed by atoms with Crippen LogP contribution in [0.3, 0.4) is 0 Å². The number of hydrogen-bond donors (Lipinski definition) is 1. The van der Waals surface area contributed by atoms with Crippen LogP contribution >= 0.6 is 12.4 Å². The monoisotopic (exact) mass is 456 g/mol. The Hall–Kier alpha value is -1.75. The van der Waals surface area contributed by atoms with Crippen molar-refractivity contribution in [1.29, 1.82) is 0 Å². The largest absolute Gasteiger partial charge is 0.299 e. The number of nitrogens with zero attached hydrogens (tertiary/aromatic N) is 1. The zero-order valence-electron chi connectivity index (χ0n) is 15.0. The predicted octanol–water partition coefficient (Wildman–Crippen LogP) is 3.53. The maximum absolute atomic E-state index is 13.7. The third-order valence-electron chi connectivity index (χ3n) is 4.59. The molecule has 0 saturated heterocycles. The normalized spacial score (nSPS) is 14.4. The summed E-state index contributed by atoms with van der Waals surface area (Å²) in [7, 11) is -4.90. The standard InChI is InChI=1S/C18H17F5N2O2S.ClH/c19-13-14(20)16(22)18(17(23)15(13)21)28(26,27)24-7-3-8-25-9-6-11-4-1-2-5-12(11)10-25;/h1-2,4-5,24H,3,6-10H2;1H. The molecule has 0 amide bonds. The van der Waals surface area contributed by atoms with Crippen LogP contribution in [0.4, 0.5) is 22.0 Å². The van der Waals surface area contributed by atoms with E-state index in [-0.39, 0.29) is 19.0 Å². The lowest BCUT2D eigenvalue weighted by atomic mass is 10.00. The second-order valence-corrected chi connectivity index (χ2v) is 8.15. The smallest absolute Gasteiger partial charge is 0.246 e. The van der Waals surface area contributed by atoms with Crippen LogP contribution in [0, 0.1) is 29.1 Å². The highest BCUT2D eigenvalue weighted by atomic mass is 35.5. The van der Waals surface area contributed by atoms with Crippen LogP contribution in [0.2, 0.25) is 0 Å². The van der Waals surface area contributed by atoms with E-state index >= 15 is 0 Å². The van der Waals surface area contributed by atoms with Crippen LogP contribution in [0.15, 0.2) is 29.2 Å². The van der Waals surface area contributed by atoms with Crippen molar-refractivity contribution < 1.29 is 30.4 Å². The molecule has 0 aromatic heterocycles. The van der Waals surface area contributed by atoms with Crippen molar-refractivity contribution in [3.8, 4) is 0 Å². The summed E-state index contributed by atoms with van der Waals surface area (Å²) in [5, 5.41) is 0. The minimum Gasteiger partial charge on any atom is -0.299 e. The summed E-state index contributed by atoms with van der Waals surface area (Å²) in [5.74, 6) is -11.8. The lowest BCUT2D eigenvalue weighted by Crippen LogP contribution is -2.34. The Balaban J connectivity index is 0.00000300. The topological polar surface area (TPSA) is 49.4 Å². The van der Waals surface area contributed by atoms with Gasteiger partial charge in [-0.1, -0.05) is 24.3 Å². The van der Waals surface area contributed by atoms with Crippen LogP contribution in [0.1, 0.15) is 17.5 Å². The molecule has 2 aromatic carbocycles. The highest BCUT2D eigenvalue weighted by Gasteiger charge is 2.33. The first-order valence-corrected chi connectivity index (χ1v) is 10.0. The maximum atomic E-state index is 13.7. The fourth-order valence-corrected chi connectivity index (χ4v) is 4.36. The fraction of sp³-hybridized carbons (Fsp3) is 0.333. The molecule has 160 valence electrons. The van der Waals surface area contributed by atoms with Gasteiger partial charge in [0.1, 0.15) is 0 Å². The van der Waals surface area contributed by atoms with Gasteiger partial charge in [-0.15, -0.1) is 12.4 Å². The molecule has 1 aliphatic heterocycles. The first-order chi connectivity index (χ1) is 13.2. The van der Waals surface area contributed by atoms with Crippen molar-refractivity contribution in [2.75, 3.05) is 19.6 Å². The van der Waals surface area contributed by atoms with Crippen LogP contribution < -0.4 is 4.72 Å². The molecule has 0 saturated carbocycles. The van der Waals surface area contributed by atoms with Crippen molar-refractivity contribution in [1.82, 2.24) is 9.62 Å². The van der Waals surface area contributed by atoms with Crippen molar-refractivity contribution >= 4 is 22.4 Å². The molecule has 1 aliphatic rings. The number of fused-ring (bicyclic) bond motifs is 1. The van der Waals surface area contributed by atoms with Gasteiger partial charge in [0.2, 0.25) is 15.8 Å². The van der Waals surface area contributed by atoms with Crippen LogP contribution in [-0.4, -0.2) is 33.0 Å². The van der Waals surface area contributed by atoms with Crippen molar-refractivity contribution in [2.45, 2.75) is 24.3 Å². The van der Waals surface area contributed by atoms with E-state index in [2.05, 4.69) is 4.90 Å². The first kappa shape index (κ1) is 23.5. The lowest BCUT2D eigenvalue weighted by Gasteiger charge is -2.28. The highest BCUT2D eigenvalue weighted by molar-refractivity contribution is 7.89. The minimum absolute atomic E-state index is 0. The minimum atomic E-state index is -4.90. The van der Waals surface area contributed by atoms with Gasteiger partial charge in [0.05, 0.1) is 0 Å². The molecule has 0 spiro atoms. The van der Waals surface area contributed by atoms with E-state index < -0.39 is 44.0 Å². The fourth-order valence-electron chi connectivity index (χ4n) is 3.15. The van der Waals surface area contributed by atoms with Crippen LogP contribution in [0.25, 0.3) is 0 Å². The van der Waals surface area contributed by atoms with E-state index in [1.165, 1.54) is 11.1 Å². The first-order valence-electron chi connectivity index (χ1n) is 8.52. The average molecular weight is 457 g/mol. The summed E-state index contributed by atoms with van der Waals surface area (Å²) in [6.45, 7) is 1.77. The Morgan fingerprint density at radius 1 is 0.897 bits per heavy atom. The van der Waals surface area contributed by atoms with Gasteiger partial charge < -0.3 is 0 Å². The zero-order chi connectivity index (χ0) is 20.5. The van der Waals surface area contributed by atoms with Crippen molar-refractivity contribution in [3.05, 3.63) is 64.5 Å². The summed E-state index contributed by atoms with van der Waals surface area (Å²) in [6, 6.07) is 7.95. The van der Waals surface area contributed by atoms with Gasteiger partial charge in [0.15, 0.2) is 28.2 Å². The molecule has 2 aromatic rings. The summed E-state index contributed by atoms with van der Waals surface area (Å²) in [6.07, 6.45) is 1.16. The number of hydrogen-bond acceptors (Lipinski definition) is 3. The summed E-state index contributed by atoms with van der Waals surface area (Å²) in [5.41, 5.74) is 2.43. The van der Waals surface area contributed by atoms with Crippen LogP contribution in [-0.2, 0) is 23.0 Å². The SMILES string of the molecule is Cl.O=S(=O)(NCCCN1CCc2ccccc2C1)c1c(F)c(F)c(F)c(F)c1F. The van der Waals surface area contributed by atoms with Gasteiger partial charge in [-0.05, 0) is 30.5 Å². The highest BCUT2D eigenvalue weighted by Crippen LogP contribution is 2.26. The molecule has 0 unspecified atom stereocenters. The summed E-state index contributed by atoms with van der Waals surface area (Å²) < 4.78 is 92.9. The van der Waals surface area contributed by atoms with E-state index in [4.69, 9.17) is 0 Å². The molecule has 4 nitrogen and oxygen atoms in total. The maximum Gasteiger partial charge on any atom is 0.246 e. The summed E-state index contributed by atoms with van der Waals surface area (Å²) >= 11 is 0.